The van der Waals surface area contributed by atoms with Crippen LogP contribution in [0.5, 0.6) is 5.75 Å². The van der Waals surface area contributed by atoms with Gasteiger partial charge in [0, 0.05) is 50.9 Å². The van der Waals surface area contributed by atoms with Crippen molar-refractivity contribution in [3.63, 3.8) is 0 Å². The first-order chi connectivity index (χ1) is 15.7. The number of nitrogens with zero attached hydrogens (tertiary/aromatic N) is 4. The van der Waals surface area contributed by atoms with Gasteiger partial charge in [0.15, 0.2) is 0 Å². The van der Waals surface area contributed by atoms with Crippen LogP contribution in [-0.4, -0.2) is 104 Å². The minimum absolute atomic E-state index is 0.183. The van der Waals surface area contributed by atoms with E-state index in [0.29, 0.717) is 6.04 Å². The molecule has 3 saturated heterocycles. The third-order valence-corrected chi connectivity index (χ3v) is 7.39. The van der Waals surface area contributed by atoms with E-state index in [1.54, 1.807) is 0 Å². The Kier molecular flexibility index (Phi) is 8.83. The molecule has 0 bridgehead atoms. The molecule has 0 N–H and O–H groups in total. The van der Waals surface area contributed by atoms with E-state index in [1.165, 1.54) is 71.5 Å². The highest BCUT2D eigenvalue weighted by molar-refractivity contribution is 5.94. The zero-order valence-corrected chi connectivity index (χ0v) is 20.0. The zero-order chi connectivity index (χ0) is 22.2. The number of rotatable bonds is 10. The average Bonchev–Trinajstić information content (AvgIpc) is 3.50. The Morgan fingerprint density at radius 1 is 0.875 bits per heavy atom. The van der Waals surface area contributed by atoms with Crippen molar-refractivity contribution in [2.24, 2.45) is 0 Å². The Bertz CT molecular complexity index is 696. The van der Waals surface area contributed by atoms with Crippen molar-refractivity contribution in [2.75, 3.05) is 72.6 Å². The Morgan fingerprint density at radius 3 is 2.38 bits per heavy atom. The highest BCUT2D eigenvalue weighted by Gasteiger charge is 2.31. The second-order valence-corrected chi connectivity index (χ2v) is 9.88. The molecule has 1 amide bonds. The molecule has 0 radical (unpaired) electrons. The van der Waals surface area contributed by atoms with E-state index in [9.17, 15) is 4.79 Å². The maximum atomic E-state index is 13.1. The number of ether oxygens (including phenoxy) is 1. The molecule has 4 rings (SSSR count). The summed E-state index contributed by atoms with van der Waals surface area (Å²) in [7, 11) is 2.20. The Balaban J connectivity index is 1.14. The highest BCUT2D eigenvalue weighted by atomic mass is 16.5. The van der Waals surface area contributed by atoms with Crippen molar-refractivity contribution in [1.29, 1.82) is 0 Å². The van der Waals surface area contributed by atoms with Crippen LogP contribution in [0.4, 0.5) is 0 Å². The molecule has 1 aromatic rings. The number of piperazine rings is 1. The first-order valence-corrected chi connectivity index (χ1v) is 12.9. The van der Waals surface area contributed by atoms with Gasteiger partial charge in [-0.15, -0.1) is 0 Å². The third-order valence-electron chi connectivity index (χ3n) is 7.39. The van der Waals surface area contributed by atoms with Crippen molar-refractivity contribution < 1.29 is 9.53 Å². The monoisotopic (exact) mass is 442 g/mol. The van der Waals surface area contributed by atoms with Gasteiger partial charge in [0.2, 0.25) is 0 Å². The standard InChI is InChI=1S/C26H42N4O2/c1-27-17-19-28(20-18-27)13-3-2-6-21-32-25-11-9-23(10-12-25)26(31)30-16-7-8-24(30)22-29-14-4-5-15-29/h9-12,24H,2-8,13-22H2,1H3/t24-/m0/s1. The first kappa shape index (κ1) is 23.5. The van der Waals surface area contributed by atoms with Gasteiger partial charge in [-0.1, -0.05) is 0 Å². The number of benzene rings is 1. The summed E-state index contributed by atoms with van der Waals surface area (Å²) < 4.78 is 5.93. The lowest BCUT2D eigenvalue weighted by Gasteiger charge is -2.32. The van der Waals surface area contributed by atoms with Gasteiger partial charge in [-0.3, -0.25) is 4.79 Å². The number of hydrogen-bond donors (Lipinski definition) is 0. The van der Waals surface area contributed by atoms with Crippen LogP contribution >= 0.6 is 0 Å². The fraction of sp³-hybridized carbons (Fsp3) is 0.731. The van der Waals surface area contributed by atoms with Crippen LogP contribution in [0.15, 0.2) is 24.3 Å². The van der Waals surface area contributed by atoms with E-state index in [2.05, 4.69) is 26.6 Å². The molecule has 0 aromatic heterocycles. The summed E-state index contributed by atoms with van der Waals surface area (Å²) in [5.74, 6) is 1.05. The molecular weight excluding hydrogens is 400 g/mol. The molecular formula is C26H42N4O2. The van der Waals surface area contributed by atoms with E-state index in [1.807, 2.05) is 24.3 Å². The molecule has 3 heterocycles. The van der Waals surface area contributed by atoms with E-state index >= 15 is 0 Å². The van der Waals surface area contributed by atoms with Crippen molar-refractivity contribution in [3.8, 4) is 5.75 Å². The molecule has 0 aliphatic carbocycles. The lowest BCUT2D eigenvalue weighted by atomic mass is 10.1. The number of likely N-dealkylation sites (tertiary alicyclic amines) is 2. The van der Waals surface area contributed by atoms with Crippen LogP contribution in [0.3, 0.4) is 0 Å². The SMILES string of the molecule is CN1CCN(CCCCCOc2ccc(C(=O)N3CCC[C@H]3CN3CCCC3)cc2)CC1. The van der Waals surface area contributed by atoms with Crippen LogP contribution in [-0.2, 0) is 0 Å². The minimum atomic E-state index is 0.183. The van der Waals surface area contributed by atoms with Crippen molar-refractivity contribution in [3.05, 3.63) is 29.8 Å². The lowest BCUT2D eigenvalue weighted by Crippen LogP contribution is -2.44. The lowest BCUT2D eigenvalue weighted by molar-refractivity contribution is 0.0708. The Morgan fingerprint density at radius 2 is 1.62 bits per heavy atom. The van der Waals surface area contributed by atoms with Gasteiger partial charge in [-0.05, 0) is 95.9 Å². The predicted octanol–water partition coefficient (Wildman–Crippen LogP) is 3.18. The zero-order valence-electron chi connectivity index (χ0n) is 20.0. The van der Waals surface area contributed by atoms with Gasteiger partial charge in [-0.2, -0.15) is 0 Å². The molecule has 1 aromatic carbocycles. The van der Waals surface area contributed by atoms with E-state index in [0.717, 1.165) is 50.3 Å². The largest absolute Gasteiger partial charge is 0.494 e. The topological polar surface area (TPSA) is 39.3 Å². The van der Waals surface area contributed by atoms with Gasteiger partial charge in [0.1, 0.15) is 5.75 Å². The maximum Gasteiger partial charge on any atom is 0.254 e. The smallest absolute Gasteiger partial charge is 0.254 e. The number of unbranched alkanes of at least 4 members (excludes halogenated alkanes) is 2. The van der Waals surface area contributed by atoms with E-state index in [-0.39, 0.29) is 5.91 Å². The number of hydrogen-bond acceptors (Lipinski definition) is 5. The molecule has 3 aliphatic rings. The summed E-state index contributed by atoms with van der Waals surface area (Å²) in [5.41, 5.74) is 0.790. The van der Waals surface area contributed by atoms with Crippen LogP contribution in [0.1, 0.15) is 55.3 Å². The second kappa shape index (κ2) is 12.0. The summed E-state index contributed by atoms with van der Waals surface area (Å²) in [6, 6.07) is 8.18. The molecule has 0 saturated carbocycles. The van der Waals surface area contributed by atoms with Gasteiger partial charge in [0.05, 0.1) is 6.61 Å². The molecule has 32 heavy (non-hydrogen) atoms. The van der Waals surface area contributed by atoms with Gasteiger partial charge >= 0.3 is 0 Å². The predicted molar refractivity (Wildman–Crippen MR) is 129 cm³/mol. The Hall–Kier alpha value is -1.63. The van der Waals surface area contributed by atoms with Crippen LogP contribution in [0, 0.1) is 0 Å². The first-order valence-electron chi connectivity index (χ1n) is 12.9. The summed E-state index contributed by atoms with van der Waals surface area (Å²) >= 11 is 0. The quantitative estimate of drug-likeness (QED) is 0.521. The van der Waals surface area contributed by atoms with Crippen molar-refractivity contribution >= 4 is 5.91 Å². The van der Waals surface area contributed by atoms with Gasteiger partial charge < -0.3 is 24.3 Å². The molecule has 3 fully saturated rings. The van der Waals surface area contributed by atoms with Gasteiger partial charge in [-0.25, -0.2) is 0 Å². The number of carbonyl (C=O) groups is 1. The molecule has 178 valence electrons. The average molecular weight is 443 g/mol. The van der Waals surface area contributed by atoms with Crippen LogP contribution in [0.2, 0.25) is 0 Å². The second-order valence-electron chi connectivity index (χ2n) is 9.88. The number of likely N-dealkylation sites (N-methyl/N-ethyl adjacent to an activating group) is 1. The molecule has 1 atom stereocenters. The summed E-state index contributed by atoms with van der Waals surface area (Å²) in [4.78, 5) is 22.7. The molecule has 6 nitrogen and oxygen atoms in total. The van der Waals surface area contributed by atoms with Crippen LogP contribution in [0.25, 0.3) is 0 Å². The fourth-order valence-corrected chi connectivity index (χ4v) is 5.29. The molecule has 0 spiro atoms. The minimum Gasteiger partial charge on any atom is -0.494 e. The number of carbonyl (C=O) groups excluding carboxylic acids is 1. The summed E-state index contributed by atoms with van der Waals surface area (Å²) in [6.07, 6.45) is 8.40. The summed E-state index contributed by atoms with van der Waals surface area (Å²) in [5, 5.41) is 0. The van der Waals surface area contributed by atoms with E-state index < -0.39 is 0 Å². The van der Waals surface area contributed by atoms with Crippen molar-refractivity contribution in [1.82, 2.24) is 19.6 Å². The normalized spacial score (nSPS) is 23.2. The Labute approximate surface area is 194 Å². The maximum absolute atomic E-state index is 13.1. The highest BCUT2D eigenvalue weighted by Crippen LogP contribution is 2.23. The van der Waals surface area contributed by atoms with Crippen molar-refractivity contribution in [2.45, 2.75) is 51.0 Å². The van der Waals surface area contributed by atoms with Crippen LogP contribution < -0.4 is 4.74 Å². The van der Waals surface area contributed by atoms with Gasteiger partial charge in [0.25, 0.3) is 5.91 Å². The van der Waals surface area contributed by atoms with E-state index in [4.69, 9.17) is 4.74 Å². The summed E-state index contributed by atoms with van der Waals surface area (Å²) in [6.45, 7) is 11.1. The molecule has 0 unspecified atom stereocenters. The third kappa shape index (κ3) is 6.69. The fourth-order valence-electron chi connectivity index (χ4n) is 5.29. The molecule has 3 aliphatic heterocycles. The number of amides is 1. The molecule has 6 heteroatoms.